The van der Waals surface area contributed by atoms with Crippen LogP contribution in [0.4, 0.5) is 0 Å². The van der Waals surface area contributed by atoms with Crippen LogP contribution in [0.25, 0.3) is 11.1 Å². The van der Waals surface area contributed by atoms with Crippen LogP contribution in [0.5, 0.6) is 11.5 Å². The molecule has 7 heteroatoms. The number of unbranched alkanes of at least 4 members (excludes halogenated alkanes) is 2. The van der Waals surface area contributed by atoms with E-state index in [1.54, 1.807) is 19.7 Å². The molecule has 2 aromatic carbocycles. The fraction of sp³-hybridized carbons (Fsp3) is 0.364. The Kier molecular flexibility index (Phi) is 6.72. The van der Waals surface area contributed by atoms with Crippen LogP contribution in [-0.2, 0) is 11.3 Å². The minimum absolute atomic E-state index is 0.0300. The molecule has 2 aromatic rings. The number of hydrogen-bond acceptors (Lipinski definition) is 5. The van der Waals surface area contributed by atoms with E-state index in [0.29, 0.717) is 31.0 Å². The van der Waals surface area contributed by atoms with E-state index in [2.05, 4.69) is 0 Å². The van der Waals surface area contributed by atoms with Crippen LogP contribution in [-0.4, -0.2) is 42.7 Å². The van der Waals surface area contributed by atoms with E-state index < -0.39 is 0 Å². The predicted octanol–water partition coefficient (Wildman–Crippen LogP) is 3.39. The fourth-order valence-electron chi connectivity index (χ4n) is 3.67. The lowest BCUT2D eigenvalue weighted by atomic mass is 9.96. The second-order valence-electron chi connectivity index (χ2n) is 6.97. The van der Waals surface area contributed by atoms with Crippen molar-refractivity contribution in [3.05, 3.63) is 47.5 Å². The summed E-state index contributed by atoms with van der Waals surface area (Å²) >= 11 is 0. The van der Waals surface area contributed by atoms with Crippen molar-refractivity contribution in [3.63, 3.8) is 0 Å². The van der Waals surface area contributed by atoms with Gasteiger partial charge in [0.1, 0.15) is 11.5 Å². The zero-order valence-electron chi connectivity index (χ0n) is 16.7. The van der Waals surface area contributed by atoms with Gasteiger partial charge < -0.3 is 14.4 Å². The summed E-state index contributed by atoms with van der Waals surface area (Å²) in [7, 11) is 3.23. The van der Waals surface area contributed by atoms with Gasteiger partial charge in [-0.3, -0.25) is 14.8 Å². The zero-order chi connectivity index (χ0) is 20.8. The first-order chi connectivity index (χ1) is 14.1. The van der Waals surface area contributed by atoms with Crippen molar-refractivity contribution in [1.82, 2.24) is 10.4 Å². The van der Waals surface area contributed by atoms with Gasteiger partial charge >= 0.3 is 0 Å². The van der Waals surface area contributed by atoms with Gasteiger partial charge in [0, 0.05) is 36.7 Å². The van der Waals surface area contributed by atoms with Gasteiger partial charge in [0.05, 0.1) is 14.2 Å². The van der Waals surface area contributed by atoms with Crippen LogP contribution < -0.4 is 15.0 Å². The van der Waals surface area contributed by atoms with E-state index in [1.165, 1.54) is 0 Å². The minimum Gasteiger partial charge on any atom is -0.497 e. The van der Waals surface area contributed by atoms with E-state index in [-0.39, 0.29) is 18.2 Å². The largest absolute Gasteiger partial charge is 0.497 e. The molecule has 154 valence electrons. The monoisotopic (exact) mass is 398 g/mol. The first kappa shape index (κ1) is 20.7. The highest BCUT2D eigenvalue weighted by atomic mass is 16.5. The van der Waals surface area contributed by atoms with Crippen molar-refractivity contribution < 1.29 is 24.3 Å². The van der Waals surface area contributed by atoms with E-state index in [9.17, 15) is 9.59 Å². The predicted molar refractivity (Wildman–Crippen MR) is 108 cm³/mol. The topological polar surface area (TPSA) is 88.1 Å². The average Bonchev–Trinajstić information content (AvgIpc) is 3.08. The van der Waals surface area contributed by atoms with Crippen molar-refractivity contribution in [3.8, 4) is 22.6 Å². The normalized spacial score (nSPS) is 12.7. The molecule has 0 aromatic heterocycles. The summed E-state index contributed by atoms with van der Waals surface area (Å²) in [6.07, 6.45) is 2.58. The van der Waals surface area contributed by atoms with Gasteiger partial charge in [-0.05, 0) is 42.2 Å². The van der Waals surface area contributed by atoms with Gasteiger partial charge in [-0.2, -0.15) is 0 Å². The van der Waals surface area contributed by atoms with Gasteiger partial charge in [0.2, 0.25) is 5.91 Å². The molecule has 7 nitrogen and oxygen atoms in total. The third-order valence-corrected chi connectivity index (χ3v) is 5.20. The van der Waals surface area contributed by atoms with Crippen molar-refractivity contribution >= 4 is 11.8 Å². The van der Waals surface area contributed by atoms with Crippen LogP contribution in [0.15, 0.2) is 36.4 Å². The molecule has 3 rings (SSSR count). The van der Waals surface area contributed by atoms with Crippen LogP contribution in [0.2, 0.25) is 0 Å². The molecule has 29 heavy (non-hydrogen) atoms. The van der Waals surface area contributed by atoms with Crippen molar-refractivity contribution in [2.45, 2.75) is 32.2 Å². The molecule has 1 aliphatic heterocycles. The Balaban J connectivity index is 1.73. The number of hydrogen-bond donors (Lipinski definition) is 2. The maximum atomic E-state index is 12.8. The van der Waals surface area contributed by atoms with Crippen molar-refractivity contribution in [1.29, 1.82) is 0 Å². The van der Waals surface area contributed by atoms with Gasteiger partial charge in [-0.1, -0.05) is 18.6 Å². The first-order valence-corrected chi connectivity index (χ1v) is 9.65. The highest BCUT2D eigenvalue weighted by Gasteiger charge is 2.29. The van der Waals surface area contributed by atoms with Gasteiger partial charge in [0.25, 0.3) is 5.91 Å². The highest BCUT2D eigenvalue weighted by molar-refractivity contribution is 6.00. The van der Waals surface area contributed by atoms with Crippen LogP contribution in [0.1, 0.15) is 41.6 Å². The lowest BCUT2D eigenvalue weighted by Crippen LogP contribution is -2.25. The number of benzene rings is 2. The molecular formula is C22H26N2O5. The fourth-order valence-corrected chi connectivity index (χ4v) is 3.67. The summed E-state index contributed by atoms with van der Waals surface area (Å²) in [5.74, 6) is 1.06. The lowest BCUT2D eigenvalue weighted by molar-refractivity contribution is -0.129. The number of carbonyl (C=O) groups is 2. The molecule has 1 aliphatic rings. The third-order valence-electron chi connectivity index (χ3n) is 5.20. The Morgan fingerprint density at radius 2 is 1.86 bits per heavy atom. The second-order valence-corrected chi connectivity index (χ2v) is 6.97. The van der Waals surface area contributed by atoms with Crippen molar-refractivity contribution in [2.75, 3.05) is 20.8 Å². The van der Waals surface area contributed by atoms with Gasteiger partial charge in [0.15, 0.2) is 0 Å². The Morgan fingerprint density at radius 3 is 2.59 bits per heavy atom. The van der Waals surface area contributed by atoms with E-state index in [4.69, 9.17) is 14.7 Å². The van der Waals surface area contributed by atoms with E-state index >= 15 is 0 Å². The summed E-state index contributed by atoms with van der Waals surface area (Å²) in [5, 5.41) is 8.52. The number of methoxy groups -OCH3 is 2. The number of hydroxylamine groups is 1. The molecule has 0 spiro atoms. The maximum absolute atomic E-state index is 12.8. The van der Waals surface area contributed by atoms with Gasteiger partial charge in [-0.15, -0.1) is 0 Å². The molecule has 0 saturated heterocycles. The zero-order valence-corrected chi connectivity index (χ0v) is 16.7. The Morgan fingerprint density at radius 1 is 1.07 bits per heavy atom. The number of nitrogens with one attached hydrogen (secondary N) is 1. The summed E-state index contributed by atoms with van der Waals surface area (Å²) < 4.78 is 10.8. The molecule has 0 bridgehead atoms. The SMILES string of the molecule is COc1ccc(-c2cccc3c2CN(CCCCCC(=O)NO)C3=O)c(OC)c1. The third kappa shape index (κ3) is 4.51. The smallest absolute Gasteiger partial charge is 0.254 e. The first-order valence-electron chi connectivity index (χ1n) is 9.65. The number of rotatable bonds is 9. The number of amides is 2. The number of nitrogens with zero attached hydrogens (tertiary/aromatic N) is 1. The average molecular weight is 398 g/mol. The summed E-state index contributed by atoms with van der Waals surface area (Å²) in [5.41, 5.74) is 5.26. The van der Waals surface area contributed by atoms with Crippen LogP contribution >= 0.6 is 0 Å². The van der Waals surface area contributed by atoms with Crippen LogP contribution in [0.3, 0.4) is 0 Å². The molecule has 0 radical (unpaired) electrons. The number of carbonyl (C=O) groups excluding carboxylic acids is 2. The van der Waals surface area contributed by atoms with Crippen LogP contribution in [0, 0.1) is 0 Å². The molecular weight excluding hydrogens is 372 g/mol. The molecule has 0 fully saturated rings. The number of ether oxygens (including phenoxy) is 2. The lowest BCUT2D eigenvalue weighted by Gasteiger charge is -2.16. The molecule has 0 atom stereocenters. The summed E-state index contributed by atoms with van der Waals surface area (Å²) in [6, 6.07) is 11.4. The van der Waals surface area contributed by atoms with E-state index in [1.807, 2.05) is 41.3 Å². The molecule has 0 unspecified atom stereocenters. The Bertz CT molecular complexity index is 897. The maximum Gasteiger partial charge on any atom is 0.254 e. The Labute approximate surface area is 170 Å². The van der Waals surface area contributed by atoms with Crippen molar-refractivity contribution in [2.24, 2.45) is 0 Å². The number of fused-ring (bicyclic) bond motifs is 1. The van der Waals surface area contributed by atoms with Gasteiger partial charge in [-0.25, -0.2) is 5.48 Å². The molecule has 2 amide bonds. The summed E-state index contributed by atoms with van der Waals surface area (Å²) in [4.78, 5) is 25.7. The second kappa shape index (κ2) is 9.43. The van der Waals surface area contributed by atoms with E-state index in [0.717, 1.165) is 35.1 Å². The minimum atomic E-state index is -0.382. The molecule has 0 saturated carbocycles. The highest BCUT2D eigenvalue weighted by Crippen LogP contribution is 2.39. The standard InChI is InChI=1S/C22H26N2O5/c1-28-15-10-11-17(20(13-15)29-2)16-7-6-8-18-19(16)14-24(22(18)26)12-5-3-4-9-21(25)23-27/h6-8,10-11,13,27H,3-5,9,12,14H2,1-2H3,(H,23,25). The molecule has 0 aliphatic carbocycles. The Hall–Kier alpha value is -3.06. The summed E-state index contributed by atoms with van der Waals surface area (Å²) in [6.45, 7) is 1.18. The molecule has 1 heterocycles. The quantitative estimate of drug-likeness (QED) is 0.384. The molecule has 2 N–H and O–H groups in total.